The van der Waals surface area contributed by atoms with Crippen molar-refractivity contribution in [2.45, 2.75) is 20.3 Å². The summed E-state index contributed by atoms with van der Waals surface area (Å²) in [6.45, 7) is 4.10. The standard InChI is InChI=1S/C14H13BrOS/c1-9-3-4-10(2)11(7-9)8-12(16)13-5-6-14(15)17-13/h3-7H,8H2,1-2H3. The molecular formula is C14H13BrOS. The monoisotopic (exact) mass is 308 g/mol. The van der Waals surface area contributed by atoms with Crippen molar-refractivity contribution >= 4 is 33.0 Å². The Balaban J connectivity index is 2.21. The molecule has 0 radical (unpaired) electrons. The van der Waals surface area contributed by atoms with E-state index in [1.165, 1.54) is 22.5 Å². The van der Waals surface area contributed by atoms with Gasteiger partial charge in [-0.1, -0.05) is 23.8 Å². The summed E-state index contributed by atoms with van der Waals surface area (Å²) in [6.07, 6.45) is 0.487. The second kappa shape index (κ2) is 5.15. The molecule has 0 aliphatic rings. The van der Waals surface area contributed by atoms with E-state index in [-0.39, 0.29) is 5.78 Å². The largest absolute Gasteiger partial charge is 0.293 e. The predicted molar refractivity (Wildman–Crippen MR) is 76.0 cm³/mol. The molecule has 1 nitrogen and oxygen atoms in total. The highest BCUT2D eigenvalue weighted by molar-refractivity contribution is 9.11. The van der Waals surface area contributed by atoms with Crippen molar-refractivity contribution in [2.75, 3.05) is 0 Å². The van der Waals surface area contributed by atoms with Gasteiger partial charge in [0.1, 0.15) is 0 Å². The third-order valence-electron chi connectivity index (χ3n) is 2.70. The van der Waals surface area contributed by atoms with E-state index in [4.69, 9.17) is 0 Å². The third kappa shape index (κ3) is 3.05. The predicted octanol–water partition coefficient (Wildman–Crippen LogP) is 4.55. The number of halogens is 1. The second-order valence-electron chi connectivity index (χ2n) is 4.13. The Morgan fingerprint density at radius 3 is 2.65 bits per heavy atom. The maximum Gasteiger partial charge on any atom is 0.177 e. The van der Waals surface area contributed by atoms with E-state index in [1.54, 1.807) is 0 Å². The van der Waals surface area contributed by atoms with Gasteiger partial charge in [-0.3, -0.25) is 4.79 Å². The van der Waals surface area contributed by atoms with Gasteiger partial charge in [0.05, 0.1) is 8.66 Å². The maximum absolute atomic E-state index is 12.1. The van der Waals surface area contributed by atoms with Crippen LogP contribution in [0.4, 0.5) is 0 Å². The smallest absolute Gasteiger partial charge is 0.177 e. The van der Waals surface area contributed by atoms with Gasteiger partial charge in [0.25, 0.3) is 0 Å². The molecule has 1 heterocycles. The van der Waals surface area contributed by atoms with Crippen molar-refractivity contribution in [3.63, 3.8) is 0 Å². The summed E-state index contributed by atoms with van der Waals surface area (Å²) in [5.41, 5.74) is 3.50. The fourth-order valence-electron chi connectivity index (χ4n) is 1.71. The molecule has 0 N–H and O–H groups in total. The van der Waals surface area contributed by atoms with E-state index in [2.05, 4.69) is 41.1 Å². The molecule has 17 heavy (non-hydrogen) atoms. The molecule has 88 valence electrons. The van der Waals surface area contributed by atoms with E-state index < -0.39 is 0 Å². The van der Waals surface area contributed by atoms with E-state index in [0.29, 0.717) is 6.42 Å². The average molecular weight is 309 g/mol. The van der Waals surface area contributed by atoms with Gasteiger partial charge >= 0.3 is 0 Å². The molecule has 2 aromatic rings. The first-order chi connectivity index (χ1) is 8.06. The summed E-state index contributed by atoms with van der Waals surface area (Å²) in [5, 5.41) is 0. The second-order valence-corrected chi connectivity index (χ2v) is 6.60. The van der Waals surface area contributed by atoms with Gasteiger partial charge in [0.2, 0.25) is 0 Å². The summed E-state index contributed by atoms with van der Waals surface area (Å²) >= 11 is 4.87. The number of hydrogen-bond acceptors (Lipinski definition) is 2. The molecule has 0 spiro atoms. The Kier molecular flexibility index (Phi) is 3.79. The number of thiophene rings is 1. The number of hydrogen-bond donors (Lipinski definition) is 0. The van der Waals surface area contributed by atoms with Gasteiger partial charge in [-0.05, 0) is 53.0 Å². The number of ketones is 1. The molecular weight excluding hydrogens is 296 g/mol. The van der Waals surface area contributed by atoms with Crippen LogP contribution >= 0.6 is 27.3 Å². The van der Waals surface area contributed by atoms with Crippen LogP contribution in [0.15, 0.2) is 34.1 Å². The Hall–Kier alpha value is -0.930. The fraction of sp³-hybridized carbons (Fsp3) is 0.214. The SMILES string of the molecule is Cc1ccc(C)c(CC(=O)c2ccc(Br)s2)c1. The Morgan fingerprint density at radius 1 is 1.24 bits per heavy atom. The Labute approximate surface area is 114 Å². The van der Waals surface area contributed by atoms with Crippen molar-refractivity contribution in [1.82, 2.24) is 0 Å². The van der Waals surface area contributed by atoms with Crippen molar-refractivity contribution in [3.05, 3.63) is 55.7 Å². The highest BCUT2D eigenvalue weighted by atomic mass is 79.9. The molecule has 0 bridgehead atoms. The highest BCUT2D eigenvalue weighted by Crippen LogP contribution is 2.24. The van der Waals surface area contributed by atoms with Gasteiger partial charge < -0.3 is 0 Å². The van der Waals surface area contributed by atoms with Crippen LogP contribution in [0.3, 0.4) is 0 Å². The van der Waals surface area contributed by atoms with Crippen LogP contribution in [0.1, 0.15) is 26.4 Å². The van der Waals surface area contributed by atoms with Crippen LogP contribution in [0.2, 0.25) is 0 Å². The normalized spacial score (nSPS) is 10.5. The summed E-state index contributed by atoms with van der Waals surface area (Å²) in [6, 6.07) is 10.0. The quantitative estimate of drug-likeness (QED) is 0.760. The maximum atomic E-state index is 12.1. The van der Waals surface area contributed by atoms with E-state index in [1.807, 2.05) is 19.1 Å². The molecule has 0 aliphatic carbocycles. The first-order valence-corrected chi connectivity index (χ1v) is 7.02. The number of carbonyl (C=O) groups is 1. The van der Waals surface area contributed by atoms with Crippen molar-refractivity contribution < 1.29 is 4.79 Å². The van der Waals surface area contributed by atoms with E-state index in [9.17, 15) is 4.79 Å². The molecule has 0 saturated heterocycles. The topological polar surface area (TPSA) is 17.1 Å². The number of benzene rings is 1. The number of carbonyl (C=O) groups excluding carboxylic acids is 1. The van der Waals surface area contributed by atoms with Crippen LogP contribution in [-0.4, -0.2) is 5.78 Å². The molecule has 0 unspecified atom stereocenters. The van der Waals surface area contributed by atoms with Crippen molar-refractivity contribution in [1.29, 1.82) is 0 Å². The van der Waals surface area contributed by atoms with Crippen LogP contribution in [0, 0.1) is 13.8 Å². The third-order valence-corrected chi connectivity index (χ3v) is 4.37. The molecule has 1 aromatic heterocycles. The molecule has 0 fully saturated rings. The lowest BCUT2D eigenvalue weighted by Crippen LogP contribution is -2.03. The van der Waals surface area contributed by atoms with Crippen LogP contribution in [-0.2, 0) is 6.42 Å². The number of rotatable bonds is 3. The summed E-state index contributed by atoms with van der Waals surface area (Å²) in [5.74, 6) is 0.189. The molecule has 3 heteroatoms. The van der Waals surface area contributed by atoms with Crippen molar-refractivity contribution in [2.24, 2.45) is 0 Å². The van der Waals surface area contributed by atoms with Gasteiger partial charge in [-0.2, -0.15) is 0 Å². The zero-order chi connectivity index (χ0) is 12.4. The summed E-state index contributed by atoms with van der Waals surface area (Å²) in [7, 11) is 0. The lowest BCUT2D eigenvalue weighted by Gasteiger charge is -2.05. The van der Waals surface area contributed by atoms with Gasteiger partial charge in [0.15, 0.2) is 5.78 Å². The molecule has 0 aliphatic heterocycles. The summed E-state index contributed by atoms with van der Waals surface area (Å²) in [4.78, 5) is 12.9. The highest BCUT2D eigenvalue weighted by Gasteiger charge is 2.11. The molecule has 1 aromatic carbocycles. The summed E-state index contributed by atoms with van der Waals surface area (Å²) < 4.78 is 1.00. The number of Topliss-reactive ketones (excluding diaryl/α,β-unsaturated/α-hetero) is 1. The van der Waals surface area contributed by atoms with Crippen LogP contribution in [0.5, 0.6) is 0 Å². The first-order valence-electron chi connectivity index (χ1n) is 5.41. The fourth-order valence-corrected chi connectivity index (χ4v) is 3.04. The Morgan fingerprint density at radius 2 is 2.00 bits per heavy atom. The lowest BCUT2D eigenvalue weighted by atomic mass is 10.0. The Bertz CT molecular complexity index is 557. The minimum Gasteiger partial charge on any atom is -0.293 e. The molecule has 2 rings (SSSR count). The lowest BCUT2D eigenvalue weighted by molar-refractivity contribution is 0.0996. The minimum absolute atomic E-state index is 0.189. The molecule has 0 amide bonds. The first kappa shape index (κ1) is 12.5. The van der Waals surface area contributed by atoms with E-state index in [0.717, 1.165) is 14.2 Å². The van der Waals surface area contributed by atoms with Gasteiger partial charge in [-0.15, -0.1) is 11.3 Å². The average Bonchev–Trinajstić information content (AvgIpc) is 2.70. The van der Waals surface area contributed by atoms with Gasteiger partial charge in [-0.25, -0.2) is 0 Å². The minimum atomic E-state index is 0.189. The van der Waals surface area contributed by atoms with E-state index >= 15 is 0 Å². The van der Waals surface area contributed by atoms with Crippen molar-refractivity contribution in [3.8, 4) is 0 Å². The van der Waals surface area contributed by atoms with Gasteiger partial charge in [0, 0.05) is 6.42 Å². The molecule has 0 saturated carbocycles. The molecule has 0 atom stereocenters. The van der Waals surface area contributed by atoms with Crippen LogP contribution in [0.25, 0.3) is 0 Å². The zero-order valence-corrected chi connectivity index (χ0v) is 12.2. The van der Waals surface area contributed by atoms with Crippen LogP contribution < -0.4 is 0 Å². The number of aryl methyl sites for hydroxylation is 2. The zero-order valence-electron chi connectivity index (χ0n) is 9.79.